The number of nitrogens with zero attached hydrogens (tertiary/aromatic N) is 3. The van der Waals surface area contributed by atoms with Crippen molar-refractivity contribution in [1.29, 1.82) is 0 Å². The maximum Gasteiger partial charge on any atom is 0.410 e. The number of thiophene rings is 1. The molecule has 2 atom stereocenters. The maximum atomic E-state index is 14.1. The second kappa shape index (κ2) is 10.9. The Kier molecular flexibility index (Phi) is 7.33. The molecule has 2 unspecified atom stereocenters. The molecule has 6 rings (SSSR count). The number of alkyl halides is 3. The van der Waals surface area contributed by atoms with E-state index in [1.165, 1.54) is 27.4 Å². The normalized spacial score (nSPS) is 19.9. The summed E-state index contributed by atoms with van der Waals surface area (Å²) < 4.78 is 43.2. The molecule has 2 aliphatic rings. The van der Waals surface area contributed by atoms with Crippen molar-refractivity contribution in [2.45, 2.75) is 30.7 Å². The fraction of sp³-hybridized carbons (Fsp3) is 0.310. The summed E-state index contributed by atoms with van der Waals surface area (Å²) in [6, 6.07) is 21.8. The van der Waals surface area contributed by atoms with Crippen LogP contribution in [0.2, 0.25) is 5.02 Å². The quantitative estimate of drug-likeness (QED) is 0.330. The first kappa shape index (κ1) is 26.9. The van der Waals surface area contributed by atoms with Gasteiger partial charge in [-0.2, -0.15) is 18.3 Å². The number of anilines is 1. The number of fused-ring (bicyclic) bond motifs is 1. The van der Waals surface area contributed by atoms with Crippen molar-refractivity contribution < 1.29 is 22.9 Å². The number of quaternary nitrogens is 1. The van der Waals surface area contributed by atoms with Crippen LogP contribution in [0.25, 0.3) is 0 Å². The summed E-state index contributed by atoms with van der Waals surface area (Å²) in [7, 11) is 0. The van der Waals surface area contributed by atoms with Gasteiger partial charge >= 0.3 is 6.18 Å². The summed E-state index contributed by atoms with van der Waals surface area (Å²) >= 11 is 7.95. The summed E-state index contributed by atoms with van der Waals surface area (Å²) in [5.41, 5.74) is 2.24. The van der Waals surface area contributed by atoms with E-state index in [9.17, 15) is 18.0 Å². The van der Waals surface area contributed by atoms with Crippen LogP contribution in [0.15, 0.2) is 78.2 Å². The number of rotatable bonds is 5. The second-order valence-corrected chi connectivity index (χ2v) is 11.5. The molecule has 208 valence electrons. The van der Waals surface area contributed by atoms with Crippen LogP contribution in [0.4, 0.5) is 19.0 Å². The minimum absolute atomic E-state index is 0.0365. The number of amides is 1. The first-order valence-electron chi connectivity index (χ1n) is 13.2. The van der Waals surface area contributed by atoms with Crippen LogP contribution in [0.1, 0.15) is 51.0 Å². The maximum absolute atomic E-state index is 14.1. The molecule has 4 aromatic rings. The van der Waals surface area contributed by atoms with Crippen LogP contribution in [0.3, 0.4) is 0 Å². The minimum atomic E-state index is -4.54. The van der Waals surface area contributed by atoms with Gasteiger partial charge in [0.15, 0.2) is 11.7 Å². The number of hydrogen-bond acceptors (Lipinski definition) is 4. The minimum Gasteiger partial charge on any atom is -0.361 e. The molecule has 4 heterocycles. The van der Waals surface area contributed by atoms with Crippen molar-refractivity contribution in [3.05, 3.63) is 105 Å². The highest BCUT2D eigenvalue weighted by molar-refractivity contribution is 7.10. The molecular formula is C29H28ClF3N5OS+. The predicted octanol–water partition coefficient (Wildman–Crippen LogP) is 5.39. The number of hydrogen-bond donors (Lipinski definition) is 2. The Balaban J connectivity index is 1.23. The molecule has 6 nitrogen and oxygen atoms in total. The third-order valence-electron chi connectivity index (χ3n) is 7.75. The van der Waals surface area contributed by atoms with Gasteiger partial charge in [-0.25, -0.2) is 4.68 Å². The fourth-order valence-electron chi connectivity index (χ4n) is 5.79. The molecule has 2 aromatic heterocycles. The van der Waals surface area contributed by atoms with E-state index in [4.69, 9.17) is 11.6 Å². The third-order valence-corrected chi connectivity index (χ3v) is 9.10. The zero-order valence-corrected chi connectivity index (χ0v) is 23.0. The number of carbonyl (C=O) groups is 1. The number of nitrogens with one attached hydrogen (secondary N) is 2. The largest absolute Gasteiger partial charge is 0.410 e. The molecule has 1 fully saturated rings. The zero-order chi connectivity index (χ0) is 27.9. The van der Waals surface area contributed by atoms with E-state index in [1.807, 2.05) is 41.8 Å². The Morgan fingerprint density at radius 3 is 2.17 bits per heavy atom. The summed E-state index contributed by atoms with van der Waals surface area (Å²) in [5.74, 6) is -0.410. The first-order valence-corrected chi connectivity index (χ1v) is 14.5. The smallest absolute Gasteiger partial charge is 0.361 e. The Morgan fingerprint density at radius 1 is 1.00 bits per heavy atom. The van der Waals surface area contributed by atoms with Crippen LogP contribution in [-0.2, 0) is 0 Å². The van der Waals surface area contributed by atoms with Gasteiger partial charge in [0.2, 0.25) is 0 Å². The molecule has 0 radical (unpaired) electrons. The summed E-state index contributed by atoms with van der Waals surface area (Å²) in [6.07, 6.45) is -4.77. The number of aromatic nitrogens is 2. The average molecular weight is 587 g/mol. The molecular weight excluding hydrogens is 559 g/mol. The number of piperazine rings is 1. The molecule has 1 amide bonds. The summed E-state index contributed by atoms with van der Waals surface area (Å²) in [5, 5.41) is 9.01. The number of benzene rings is 2. The second-order valence-electron chi connectivity index (χ2n) is 10.2. The van der Waals surface area contributed by atoms with Crippen LogP contribution >= 0.6 is 22.9 Å². The van der Waals surface area contributed by atoms with Gasteiger partial charge in [-0.05, 0) is 11.4 Å². The number of carbonyl (C=O) groups excluding carboxylic acids is 1. The lowest BCUT2D eigenvalue weighted by Crippen LogP contribution is -3.15. The van der Waals surface area contributed by atoms with Gasteiger partial charge in [0.1, 0.15) is 16.9 Å². The van der Waals surface area contributed by atoms with Crippen LogP contribution in [-0.4, -0.2) is 52.9 Å². The Hall–Kier alpha value is -3.34. The van der Waals surface area contributed by atoms with Gasteiger partial charge < -0.3 is 15.1 Å². The Labute approximate surface area is 239 Å². The molecule has 1 saturated heterocycles. The summed E-state index contributed by atoms with van der Waals surface area (Å²) in [4.78, 5) is 17.3. The van der Waals surface area contributed by atoms with E-state index in [0.717, 1.165) is 9.56 Å². The van der Waals surface area contributed by atoms with Crippen molar-refractivity contribution in [2.24, 2.45) is 0 Å². The SMILES string of the molecule is O=C(c1nn2c(c1Cl)NC(c1cccs1)CC2C(F)(F)F)N1CC[NH+](C(c2ccccc2)c2ccccc2)CC1. The highest BCUT2D eigenvalue weighted by atomic mass is 35.5. The van der Waals surface area contributed by atoms with Crippen LogP contribution < -0.4 is 10.2 Å². The summed E-state index contributed by atoms with van der Waals surface area (Å²) in [6.45, 7) is 2.23. The monoisotopic (exact) mass is 586 g/mol. The van der Waals surface area contributed by atoms with Crippen molar-refractivity contribution in [3.63, 3.8) is 0 Å². The number of halogens is 4. The molecule has 0 saturated carbocycles. The lowest BCUT2D eigenvalue weighted by Gasteiger charge is -2.36. The van der Waals surface area contributed by atoms with Crippen LogP contribution in [0.5, 0.6) is 0 Å². The molecule has 2 aliphatic heterocycles. The third kappa shape index (κ3) is 5.11. The molecule has 0 aliphatic carbocycles. The average Bonchev–Trinajstić information content (AvgIpc) is 3.62. The van der Waals surface area contributed by atoms with Gasteiger partial charge in [-0.15, -0.1) is 11.3 Å². The van der Waals surface area contributed by atoms with E-state index in [-0.39, 0.29) is 29.0 Å². The van der Waals surface area contributed by atoms with Crippen molar-refractivity contribution >= 4 is 34.7 Å². The first-order chi connectivity index (χ1) is 19.3. The lowest BCUT2D eigenvalue weighted by molar-refractivity contribution is -0.929. The van der Waals surface area contributed by atoms with Gasteiger partial charge in [0, 0.05) is 22.4 Å². The van der Waals surface area contributed by atoms with Crippen molar-refractivity contribution in [2.75, 3.05) is 31.5 Å². The van der Waals surface area contributed by atoms with Gasteiger partial charge in [-0.3, -0.25) is 4.79 Å². The Bertz CT molecular complexity index is 1410. The van der Waals surface area contributed by atoms with E-state index >= 15 is 0 Å². The predicted molar refractivity (Wildman–Crippen MR) is 149 cm³/mol. The molecule has 2 aromatic carbocycles. The highest BCUT2D eigenvalue weighted by Gasteiger charge is 2.48. The molecule has 11 heteroatoms. The topological polar surface area (TPSA) is 54.6 Å². The lowest BCUT2D eigenvalue weighted by atomic mass is 9.96. The molecule has 0 spiro atoms. The van der Waals surface area contributed by atoms with Crippen LogP contribution in [0, 0.1) is 0 Å². The Morgan fingerprint density at radius 2 is 1.62 bits per heavy atom. The fourth-order valence-corrected chi connectivity index (χ4v) is 6.84. The van der Waals surface area contributed by atoms with E-state index in [0.29, 0.717) is 26.2 Å². The van der Waals surface area contributed by atoms with E-state index in [2.05, 4.69) is 34.7 Å². The van der Waals surface area contributed by atoms with Gasteiger partial charge in [0.25, 0.3) is 5.91 Å². The molecule has 0 bridgehead atoms. The zero-order valence-electron chi connectivity index (χ0n) is 21.4. The van der Waals surface area contributed by atoms with Crippen molar-refractivity contribution in [1.82, 2.24) is 14.7 Å². The van der Waals surface area contributed by atoms with E-state index in [1.54, 1.807) is 17.0 Å². The molecule has 2 N–H and O–H groups in total. The van der Waals surface area contributed by atoms with Crippen molar-refractivity contribution in [3.8, 4) is 0 Å². The molecule has 40 heavy (non-hydrogen) atoms. The van der Waals surface area contributed by atoms with Gasteiger partial charge in [-0.1, -0.05) is 78.3 Å². The van der Waals surface area contributed by atoms with Gasteiger partial charge in [0.05, 0.1) is 32.2 Å². The highest BCUT2D eigenvalue weighted by Crippen LogP contribution is 2.47. The van der Waals surface area contributed by atoms with E-state index < -0.39 is 24.2 Å². The standard InChI is InChI=1S/C29H27ClF3N5OS/c30-24-25(35-38-23(29(31,32)33)18-21(34-27(24)38)22-12-7-17-40-22)28(39)37-15-13-36(14-16-37)26(19-8-3-1-4-9-19)20-10-5-2-6-11-20/h1-12,17,21,23,26,34H,13-16,18H2/p+1.